The molecule has 0 saturated heterocycles. The Morgan fingerprint density at radius 1 is 1.35 bits per heavy atom. The second-order valence-electron chi connectivity index (χ2n) is 4.11. The van der Waals surface area contributed by atoms with Gasteiger partial charge >= 0.3 is 0 Å². The van der Waals surface area contributed by atoms with E-state index in [1.807, 2.05) is 0 Å². The molecule has 5 nitrogen and oxygen atoms in total. The van der Waals surface area contributed by atoms with Crippen LogP contribution in [0.15, 0.2) is 39.8 Å². The van der Waals surface area contributed by atoms with Gasteiger partial charge in [0, 0.05) is 10.7 Å². The van der Waals surface area contributed by atoms with E-state index in [0.717, 1.165) is 4.47 Å². The third-order valence-corrected chi connectivity index (χ3v) is 4.84. The molecule has 0 saturated carbocycles. The second kappa shape index (κ2) is 5.59. The third kappa shape index (κ3) is 3.23. The molecule has 3 N–H and O–H groups in total. The number of anilines is 2. The number of hydrogen-bond donors (Lipinski definition) is 2. The molecule has 106 valence electrons. The van der Waals surface area contributed by atoms with Gasteiger partial charge < -0.3 is 5.73 Å². The van der Waals surface area contributed by atoms with Gasteiger partial charge in [0.15, 0.2) is 0 Å². The Morgan fingerprint density at radius 3 is 2.65 bits per heavy atom. The van der Waals surface area contributed by atoms with Crippen LogP contribution in [0.2, 0.25) is 5.02 Å². The van der Waals surface area contributed by atoms with Gasteiger partial charge in [0.05, 0.1) is 15.6 Å². The molecule has 2 rings (SSSR count). The summed E-state index contributed by atoms with van der Waals surface area (Å²) in [5.41, 5.74) is 6.37. The maximum absolute atomic E-state index is 12.3. The van der Waals surface area contributed by atoms with Gasteiger partial charge in [0.2, 0.25) is 0 Å². The molecule has 0 atom stereocenters. The molecule has 0 spiro atoms. The molecule has 8 heteroatoms. The first-order valence-electron chi connectivity index (χ1n) is 5.49. The fourth-order valence-electron chi connectivity index (χ4n) is 1.59. The summed E-state index contributed by atoms with van der Waals surface area (Å²) in [6.07, 6.45) is 1.50. The highest BCUT2D eigenvalue weighted by Crippen LogP contribution is 2.27. The zero-order chi connectivity index (χ0) is 14.9. The van der Waals surface area contributed by atoms with Crippen LogP contribution in [-0.4, -0.2) is 13.4 Å². The SMILES string of the molecule is Cc1cc(Cl)c(N)cc1S(=O)(=O)Nc1ccc(Br)cn1. The van der Waals surface area contributed by atoms with Crippen molar-refractivity contribution in [3.8, 4) is 0 Å². The van der Waals surface area contributed by atoms with Crippen molar-refractivity contribution < 1.29 is 8.42 Å². The molecule has 0 aliphatic heterocycles. The maximum atomic E-state index is 12.3. The Hall–Kier alpha value is -1.31. The molecule has 0 unspecified atom stereocenters. The normalized spacial score (nSPS) is 11.3. The van der Waals surface area contributed by atoms with Crippen LogP contribution in [0.1, 0.15) is 5.56 Å². The molecular formula is C12H11BrClN3O2S. The summed E-state index contributed by atoms with van der Waals surface area (Å²) in [7, 11) is -3.76. The Kier molecular flexibility index (Phi) is 4.22. The predicted octanol–water partition coefficient (Wildman–Crippen LogP) is 3.19. The van der Waals surface area contributed by atoms with E-state index in [4.69, 9.17) is 17.3 Å². The minimum atomic E-state index is -3.76. The first-order chi connectivity index (χ1) is 9.29. The highest BCUT2D eigenvalue weighted by molar-refractivity contribution is 9.10. The van der Waals surface area contributed by atoms with Crippen LogP contribution in [0.25, 0.3) is 0 Å². The van der Waals surface area contributed by atoms with E-state index in [1.54, 1.807) is 19.1 Å². The summed E-state index contributed by atoms with van der Waals surface area (Å²) in [5.74, 6) is 0.223. The van der Waals surface area contributed by atoms with Crippen molar-refractivity contribution in [1.29, 1.82) is 0 Å². The summed E-state index contributed by atoms with van der Waals surface area (Å²) < 4.78 is 27.8. The van der Waals surface area contributed by atoms with Crippen LogP contribution < -0.4 is 10.5 Å². The predicted molar refractivity (Wildman–Crippen MR) is 83.3 cm³/mol. The molecule has 1 heterocycles. The van der Waals surface area contributed by atoms with E-state index in [0.29, 0.717) is 10.6 Å². The summed E-state index contributed by atoms with van der Waals surface area (Å²) >= 11 is 9.08. The van der Waals surface area contributed by atoms with Crippen LogP contribution in [0, 0.1) is 6.92 Å². The first kappa shape index (κ1) is 15.1. The van der Waals surface area contributed by atoms with Crippen LogP contribution in [-0.2, 0) is 10.0 Å². The van der Waals surface area contributed by atoms with Gasteiger partial charge in [-0.1, -0.05) is 11.6 Å². The lowest BCUT2D eigenvalue weighted by Gasteiger charge is -2.11. The van der Waals surface area contributed by atoms with Crippen LogP contribution in [0.5, 0.6) is 0 Å². The number of nitrogens with zero attached hydrogens (tertiary/aromatic N) is 1. The lowest BCUT2D eigenvalue weighted by atomic mass is 10.2. The summed E-state index contributed by atoms with van der Waals surface area (Å²) in [5, 5.41) is 0.322. The number of sulfonamides is 1. The lowest BCUT2D eigenvalue weighted by molar-refractivity contribution is 0.600. The lowest BCUT2D eigenvalue weighted by Crippen LogP contribution is -2.15. The molecule has 0 amide bonds. The van der Waals surface area contributed by atoms with Gasteiger partial charge in [0.25, 0.3) is 10.0 Å². The minimum Gasteiger partial charge on any atom is -0.397 e. The Bertz CT molecular complexity index is 748. The fraction of sp³-hybridized carbons (Fsp3) is 0.0833. The van der Waals surface area contributed by atoms with Crippen molar-refractivity contribution in [3.05, 3.63) is 45.5 Å². The molecule has 1 aromatic carbocycles. The van der Waals surface area contributed by atoms with Gasteiger partial charge in [-0.2, -0.15) is 0 Å². The number of rotatable bonds is 3. The Balaban J connectivity index is 2.40. The van der Waals surface area contributed by atoms with Gasteiger partial charge in [0.1, 0.15) is 5.82 Å². The number of halogens is 2. The van der Waals surface area contributed by atoms with E-state index < -0.39 is 10.0 Å². The zero-order valence-electron chi connectivity index (χ0n) is 10.4. The maximum Gasteiger partial charge on any atom is 0.263 e. The molecule has 0 aliphatic rings. The van der Waals surface area contributed by atoms with Crippen LogP contribution in [0.4, 0.5) is 11.5 Å². The number of nitrogens with one attached hydrogen (secondary N) is 1. The third-order valence-electron chi connectivity index (χ3n) is 2.55. The van der Waals surface area contributed by atoms with Crippen LogP contribution >= 0.6 is 27.5 Å². The number of nitrogens with two attached hydrogens (primary N) is 1. The number of pyridine rings is 1. The van der Waals surface area contributed by atoms with E-state index >= 15 is 0 Å². The average molecular weight is 377 g/mol. The fourth-order valence-corrected chi connectivity index (χ4v) is 3.31. The smallest absolute Gasteiger partial charge is 0.263 e. The van der Waals surface area contributed by atoms with Crippen molar-refractivity contribution in [1.82, 2.24) is 4.98 Å². The minimum absolute atomic E-state index is 0.0733. The summed E-state index contributed by atoms with van der Waals surface area (Å²) in [6.45, 7) is 1.65. The van der Waals surface area contributed by atoms with Crippen molar-refractivity contribution >= 4 is 49.1 Å². The average Bonchev–Trinajstić information content (AvgIpc) is 2.36. The number of hydrogen-bond acceptors (Lipinski definition) is 4. The van der Waals surface area contributed by atoms with E-state index in [2.05, 4.69) is 25.6 Å². The first-order valence-corrected chi connectivity index (χ1v) is 8.15. The van der Waals surface area contributed by atoms with Crippen LogP contribution in [0.3, 0.4) is 0 Å². The van der Waals surface area contributed by atoms with Gasteiger partial charge in [-0.15, -0.1) is 0 Å². The molecule has 2 aromatic rings. The van der Waals surface area contributed by atoms with Crippen molar-refractivity contribution in [2.24, 2.45) is 0 Å². The quantitative estimate of drug-likeness (QED) is 0.806. The topological polar surface area (TPSA) is 85.1 Å². The van der Waals surface area contributed by atoms with E-state index in [1.165, 1.54) is 18.3 Å². The summed E-state index contributed by atoms with van der Waals surface area (Å²) in [4.78, 5) is 4.04. The number of aromatic nitrogens is 1. The molecule has 0 bridgehead atoms. The molecule has 0 fully saturated rings. The largest absolute Gasteiger partial charge is 0.397 e. The van der Waals surface area contributed by atoms with Gasteiger partial charge in [-0.05, 0) is 52.7 Å². The number of benzene rings is 1. The molecule has 20 heavy (non-hydrogen) atoms. The van der Waals surface area contributed by atoms with Gasteiger partial charge in [-0.3, -0.25) is 4.72 Å². The molecular weight excluding hydrogens is 366 g/mol. The molecule has 0 aliphatic carbocycles. The highest BCUT2D eigenvalue weighted by Gasteiger charge is 2.19. The van der Waals surface area contributed by atoms with Crippen molar-refractivity contribution in [3.63, 3.8) is 0 Å². The highest BCUT2D eigenvalue weighted by atomic mass is 79.9. The van der Waals surface area contributed by atoms with Crippen molar-refractivity contribution in [2.45, 2.75) is 11.8 Å². The molecule has 1 aromatic heterocycles. The van der Waals surface area contributed by atoms with Gasteiger partial charge in [-0.25, -0.2) is 13.4 Å². The van der Waals surface area contributed by atoms with E-state index in [-0.39, 0.29) is 16.4 Å². The summed E-state index contributed by atoms with van der Waals surface area (Å²) in [6, 6.07) is 6.09. The Morgan fingerprint density at radius 2 is 2.05 bits per heavy atom. The second-order valence-corrected chi connectivity index (χ2v) is 7.08. The standard InChI is InChI=1S/C12H11BrClN3O2S/c1-7-4-9(14)10(15)5-11(7)20(18,19)17-12-3-2-8(13)6-16-12/h2-6H,15H2,1H3,(H,16,17). The number of nitrogen functional groups attached to an aromatic ring is 1. The number of aryl methyl sites for hydroxylation is 1. The monoisotopic (exact) mass is 375 g/mol. The molecule has 0 radical (unpaired) electrons. The van der Waals surface area contributed by atoms with E-state index in [9.17, 15) is 8.42 Å². The van der Waals surface area contributed by atoms with Crippen molar-refractivity contribution in [2.75, 3.05) is 10.5 Å². The Labute approximate surface area is 130 Å². The zero-order valence-corrected chi connectivity index (χ0v) is 13.6.